The van der Waals surface area contributed by atoms with E-state index in [1.165, 1.54) is 6.07 Å². The van der Waals surface area contributed by atoms with E-state index in [4.69, 9.17) is 11.6 Å². The zero-order valence-electron chi connectivity index (χ0n) is 19.0. The third-order valence-corrected chi connectivity index (χ3v) is 6.37. The predicted molar refractivity (Wildman–Crippen MR) is 133 cm³/mol. The number of nitrogens with zero attached hydrogens (tertiary/aromatic N) is 1. The molecular weight excluding hydrogens is 453 g/mol. The Balaban J connectivity index is 1.42. The van der Waals surface area contributed by atoms with Crippen molar-refractivity contribution in [3.8, 4) is 0 Å². The highest BCUT2D eigenvalue weighted by molar-refractivity contribution is 6.31. The van der Waals surface area contributed by atoms with Crippen LogP contribution in [0.3, 0.4) is 0 Å². The lowest BCUT2D eigenvalue weighted by Gasteiger charge is -2.22. The average molecular weight is 480 g/mol. The highest BCUT2D eigenvalue weighted by Gasteiger charge is 2.24. The van der Waals surface area contributed by atoms with Gasteiger partial charge in [0.2, 0.25) is 5.91 Å². The molecule has 1 aliphatic heterocycles. The van der Waals surface area contributed by atoms with Crippen LogP contribution in [0.4, 0.5) is 10.1 Å². The molecule has 3 aromatic rings. The van der Waals surface area contributed by atoms with Crippen LogP contribution in [-0.4, -0.2) is 37.5 Å². The molecule has 1 atom stereocenters. The van der Waals surface area contributed by atoms with Crippen LogP contribution in [0.25, 0.3) is 0 Å². The summed E-state index contributed by atoms with van der Waals surface area (Å²) in [5.74, 6) is -0.827. The number of nitrogens with one attached hydrogen (secondary N) is 2. The number of rotatable bonds is 8. The highest BCUT2D eigenvalue weighted by atomic mass is 35.5. The van der Waals surface area contributed by atoms with Crippen LogP contribution in [0.15, 0.2) is 66.7 Å². The largest absolute Gasteiger partial charge is 0.369 e. The first-order valence-corrected chi connectivity index (χ1v) is 11.7. The SMILES string of the molecule is Cc1cccc(C(=O)NC(Cc2ccccc2Cl)C(=O)NCCN2CCc3cc(F)ccc32)c1. The molecular formula is C27H27ClFN3O2. The summed E-state index contributed by atoms with van der Waals surface area (Å²) in [6.07, 6.45) is 1.05. The van der Waals surface area contributed by atoms with E-state index < -0.39 is 6.04 Å². The van der Waals surface area contributed by atoms with Crippen molar-refractivity contribution in [1.29, 1.82) is 0 Å². The summed E-state index contributed by atoms with van der Waals surface area (Å²) in [5, 5.41) is 6.37. The molecule has 2 amide bonds. The molecule has 0 fully saturated rings. The van der Waals surface area contributed by atoms with Gasteiger partial charge in [-0.15, -0.1) is 0 Å². The van der Waals surface area contributed by atoms with Crippen LogP contribution in [0, 0.1) is 12.7 Å². The predicted octanol–water partition coefficient (Wildman–Crippen LogP) is 4.31. The molecule has 0 bridgehead atoms. The summed E-state index contributed by atoms with van der Waals surface area (Å²) in [6.45, 7) is 3.68. The molecule has 5 nitrogen and oxygen atoms in total. The fourth-order valence-electron chi connectivity index (χ4n) is 4.23. The first kappa shape index (κ1) is 23.8. The fourth-order valence-corrected chi connectivity index (χ4v) is 4.44. The van der Waals surface area contributed by atoms with Crippen molar-refractivity contribution in [3.05, 3.63) is 99.8 Å². The summed E-state index contributed by atoms with van der Waals surface area (Å²) in [5.41, 5.74) is 4.22. The number of fused-ring (bicyclic) bond motifs is 1. The van der Waals surface area contributed by atoms with E-state index in [0.717, 1.165) is 35.3 Å². The summed E-state index contributed by atoms with van der Waals surface area (Å²) in [7, 11) is 0. The van der Waals surface area contributed by atoms with Crippen LogP contribution in [0.1, 0.15) is 27.0 Å². The first-order valence-electron chi connectivity index (χ1n) is 11.3. The maximum atomic E-state index is 13.5. The van der Waals surface area contributed by atoms with E-state index in [2.05, 4.69) is 15.5 Å². The number of anilines is 1. The smallest absolute Gasteiger partial charge is 0.251 e. The summed E-state index contributed by atoms with van der Waals surface area (Å²) in [4.78, 5) is 28.1. The number of aryl methyl sites for hydroxylation is 1. The quantitative estimate of drug-likeness (QED) is 0.506. The van der Waals surface area contributed by atoms with Gasteiger partial charge in [0.05, 0.1) is 0 Å². The van der Waals surface area contributed by atoms with Crippen molar-refractivity contribution in [3.63, 3.8) is 0 Å². The minimum atomic E-state index is -0.784. The first-order chi connectivity index (χ1) is 16.4. The second-order valence-electron chi connectivity index (χ2n) is 8.49. The van der Waals surface area contributed by atoms with Crippen molar-refractivity contribution in [1.82, 2.24) is 10.6 Å². The Morgan fingerprint density at radius 3 is 2.71 bits per heavy atom. The van der Waals surface area contributed by atoms with Crippen molar-refractivity contribution in [2.75, 3.05) is 24.5 Å². The standard InChI is InChI=1S/C27H27ClFN3O2/c1-18-5-4-7-21(15-18)26(33)31-24(17-19-6-2-3-8-23(19)28)27(34)30-12-14-32-13-11-20-16-22(29)9-10-25(20)32/h2-10,15-16,24H,11-14,17H2,1H3,(H,30,34)(H,31,33). The maximum absolute atomic E-state index is 13.5. The number of amides is 2. The maximum Gasteiger partial charge on any atom is 0.251 e. The Morgan fingerprint density at radius 1 is 1.09 bits per heavy atom. The van der Waals surface area contributed by atoms with Gasteiger partial charge >= 0.3 is 0 Å². The third kappa shape index (κ3) is 5.75. The molecule has 0 aliphatic carbocycles. The summed E-state index contributed by atoms with van der Waals surface area (Å²) in [6, 6.07) is 18.5. The van der Waals surface area contributed by atoms with Crippen LogP contribution < -0.4 is 15.5 Å². The molecule has 0 radical (unpaired) electrons. The molecule has 2 N–H and O–H groups in total. The number of benzene rings is 3. The molecule has 0 aromatic heterocycles. The Bertz CT molecular complexity index is 1200. The molecule has 1 heterocycles. The van der Waals surface area contributed by atoms with Gasteiger partial charge in [-0.3, -0.25) is 9.59 Å². The van der Waals surface area contributed by atoms with Gasteiger partial charge < -0.3 is 15.5 Å². The lowest BCUT2D eigenvalue weighted by Crippen LogP contribution is -2.49. The van der Waals surface area contributed by atoms with E-state index in [0.29, 0.717) is 23.7 Å². The van der Waals surface area contributed by atoms with E-state index in [-0.39, 0.29) is 24.1 Å². The van der Waals surface area contributed by atoms with Gasteiger partial charge in [-0.05, 0) is 60.9 Å². The Morgan fingerprint density at radius 2 is 1.91 bits per heavy atom. The highest BCUT2D eigenvalue weighted by Crippen LogP contribution is 2.28. The summed E-state index contributed by atoms with van der Waals surface area (Å²) >= 11 is 6.32. The van der Waals surface area contributed by atoms with Gasteiger partial charge in [0.25, 0.3) is 5.91 Å². The van der Waals surface area contributed by atoms with E-state index >= 15 is 0 Å². The second kappa shape index (κ2) is 10.7. The van der Waals surface area contributed by atoms with E-state index in [9.17, 15) is 14.0 Å². The number of carbonyl (C=O) groups excluding carboxylic acids is 2. The second-order valence-corrected chi connectivity index (χ2v) is 8.90. The van der Waals surface area contributed by atoms with Crippen molar-refractivity contribution >= 4 is 29.1 Å². The van der Waals surface area contributed by atoms with Crippen LogP contribution in [-0.2, 0) is 17.6 Å². The lowest BCUT2D eigenvalue weighted by atomic mass is 10.0. The molecule has 1 aliphatic rings. The van der Waals surface area contributed by atoms with Crippen LogP contribution in [0.5, 0.6) is 0 Å². The molecule has 0 saturated heterocycles. The molecule has 7 heteroatoms. The normalized spacial score (nSPS) is 13.3. The van der Waals surface area contributed by atoms with Crippen LogP contribution >= 0.6 is 11.6 Å². The number of hydrogen-bond acceptors (Lipinski definition) is 3. The summed E-state index contributed by atoms with van der Waals surface area (Å²) < 4.78 is 13.5. The Labute approximate surface area is 203 Å². The average Bonchev–Trinajstić information content (AvgIpc) is 3.21. The monoisotopic (exact) mass is 479 g/mol. The van der Waals surface area contributed by atoms with E-state index in [1.54, 1.807) is 30.3 Å². The number of halogens is 2. The van der Waals surface area contributed by atoms with Crippen molar-refractivity contribution < 1.29 is 14.0 Å². The van der Waals surface area contributed by atoms with Gasteiger partial charge in [0, 0.05) is 42.3 Å². The van der Waals surface area contributed by atoms with Crippen LogP contribution in [0.2, 0.25) is 5.02 Å². The van der Waals surface area contributed by atoms with Gasteiger partial charge in [0.1, 0.15) is 11.9 Å². The molecule has 0 saturated carbocycles. The number of hydrogen-bond donors (Lipinski definition) is 2. The molecule has 4 rings (SSSR count). The van der Waals surface area contributed by atoms with Gasteiger partial charge in [-0.1, -0.05) is 47.5 Å². The molecule has 1 unspecified atom stereocenters. The minimum Gasteiger partial charge on any atom is -0.369 e. The number of carbonyl (C=O) groups is 2. The van der Waals surface area contributed by atoms with Gasteiger partial charge in [-0.2, -0.15) is 0 Å². The Hall–Kier alpha value is -3.38. The zero-order valence-corrected chi connectivity index (χ0v) is 19.7. The molecule has 34 heavy (non-hydrogen) atoms. The zero-order chi connectivity index (χ0) is 24.1. The van der Waals surface area contributed by atoms with Crippen molar-refractivity contribution in [2.45, 2.75) is 25.8 Å². The molecule has 3 aromatic carbocycles. The molecule has 0 spiro atoms. The third-order valence-electron chi connectivity index (χ3n) is 6.00. The minimum absolute atomic E-state index is 0.235. The van der Waals surface area contributed by atoms with E-state index in [1.807, 2.05) is 37.3 Å². The fraction of sp³-hybridized carbons (Fsp3) is 0.259. The lowest BCUT2D eigenvalue weighted by molar-refractivity contribution is -0.122. The van der Waals surface area contributed by atoms with Gasteiger partial charge in [-0.25, -0.2) is 4.39 Å². The Kier molecular flexibility index (Phi) is 7.48. The van der Waals surface area contributed by atoms with Gasteiger partial charge in [0.15, 0.2) is 0 Å². The topological polar surface area (TPSA) is 61.4 Å². The molecule has 176 valence electrons. The van der Waals surface area contributed by atoms with Crippen molar-refractivity contribution in [2.24, 2.45) is 0 Å².